The monoisotopic (exact) mass is 713 g/mol. The van der Waals surface area contributed by atoms with E-state index >= 15 is 0 Å². The first-order valence-electron chi connectivity index (χ1n) is 12.6. The predicted molar refractivity (Wildman–Crippen MR) is 148 cm³/mol. The Balaban J connectivity index is 0.00000134. The zero-order valence-corrected chi connectivity index (χ0v) is 25.8. The molecule has 9 heteroatoms. The van der Waals surface area contributed by atoms with Crippen molar-refractivity contribution in [1.82, 2.24) is 0 Å². The number of hydrogen-bond donors (Lipinski definition) is 0. The van der Waals surface area contributed by atoms with Gasteiger partial charge in [-0.15, -0.1) is 0 Å². The molecule has 2 radical (unpaired) electrons. The molecule has 3 rings (SSSR count). The maximum atomic E-state index is 9.75. The quantitative estimate of drug-likeness (QED) is 0.221. The Morgan fingerprint density at radius 3 is 1.05 bits per heavy atom. The average Bonchev–Trinajstić information content (AvgIpc) is 3.26. The van der Waals surface area contributed by atoms with Crippen LogP contribution in [0.5, 0.6) is 0 Å². The van der Waals surface area contributed by atoms with E-state index in [1.807, 2.05) is 0 Å². The van der Waals surface area contributed by atoms with Crippen LogP contribution < -0.4 is 9.80 Å². The van der Waals surface area contributed by atoms with Crippen molar-refractivity contribution in [2.75, 3.05) is 9.80 Å². The van der Waals surface area contributed by atoms with Crippen LogP contribution in [-0.4, -0.2) is 7.25 Å². The van der Waals surface area contributed by atoms with Crippen LogP contribution >= 0.6 is 0 Å². The molecule has 1 aliphatic rings. The van der Waals surface area contributed by atoms with Crippen LogP contribution in [-0.2, 0) is 22.4 Å². The maximum Gasteiger partial charge on any atom is 1.00 e. The van der Waals surface area contributed by atoms with E-state index in [0.29, 0.717) is 23.7 Å². The minimum Gasteiger partial charge on any atom is -0.418 e. The fourth-order valence-electron chi connectivity index (χ4n) is 4.14. The standard InChI is InChI=1S/C27H36N2.C2H3N.Au.BF4/c1-18(2)22-11-9-12-23(19(3)4)26(22)28-15-16-29(17-28)27-24(20(5)6)13-10-14-25(27)21(7)8;1-2-3;;2-1(3,4)5/h9-16,18-21H,1-8H3;1H3;;/q;;+1;-1. The normalized spacial score (nSPS) is 12.7. The summed E-state index contributed by atoms with van der Waals surface area (Å²) in [5, 5.41) is 7.32. The predicted octanol–water partition coefficient (Wildman–Crippen LogP) is 9.80. The molecule has 1 heterocycles. The molecular weight excluding hydrogens is 674 g/mol. The van der Waals surface area contributed by atoms with Crippen molar-refractivity contribution in [2.45, 2.75) is 86.0 Å². The van der Waals surface area contributed by atoms with Gasteiger partial charge in [0.1, 0.15) is 0 Å². The minimum atomic E-state index is -6.00. The molecule has 0 atom stereocenters. The van der Waals surface area contributed by atoms with E-state index in [9.17, 15) is 17.3 Å². The third kappa shape index (κ3) is 10.5. The number of halogens is 4. The van der Waals surface area contributed by atoms with Crippen molar-refractivity contribution in [1.29, 1.82) is 5.26 Å². The molecule has 2 aromatic carbocycles. The summed E-state index contributed by atoms with van der Waals surface area (Å²) in [4.78, 5) is 4.40. The molecule has 212 valence electrons. The third-order valence-corrected chi connectivity index (χ3v) is 5.75. The van der Waals surface area contributed by atoms with Crippen molar-refractivity contribution in [3.8, 4) is 6.07 Å². The van der Waals surface area contributed by atoms with Gasteiger partial charge >= 0.3 is 29.6 Å². The van der Waals surface area contributed by atoms with Crippen molar-refractivity contribution < 1.29 is 39.6 Å². The van der Waals surface area contributed by atoms with Crippen molar-refractivity contribution in [3.05, 3.63) is 77.7 Å². The second kappa shape index (κ2) is 16.0. The average molecular weight is 713 g/mol. The summed E-state index contributed by atoms with van der Waals surface area (Å²) in [6.45, 7) is 23.2. The number of nitriles is 1. The van der Waals surface area contributed by atoms with Crippen LogP contribution in [0.3, 0.4) is 0 Å². The van der Waals surface area contributed by atoms with E-state index in [2.05, 4.69) is 121 Å². The SMILES string of the molecule is CC#N.CC(C)c1cccc(C(C)C)c1N1[C]N(c2c(C(C)C)cccc2C(C)C)C=C1.F[B-](F)(F)F.[Au+]. The first-order chi connectivity index (χ1) is 17.1. The number of nitrogens with zero attached hydrogens (tertiary/aromatic N) is 3. The van der Waals surface area contributed by atoms with Crippen LogP contribution in [0.4, 0.5) is 28.6 Å². The molecule has 0 N–H and O–H groups in total. The molecule has 0 unspecified atom stereocenters. The van der Waals surface area contributed by atoms with Crippen LogP contribution in [0.2, 0.25) is 0 Å². The number of para-hydroxylation sites is 2. The largest absolute Gasteiger partial charge is 1.00 e. The van der Waals surface area contributed by atoms with Gasteiger partial charge in [-0.3, -0.25) is 0 Å². The van der Waals surface area contributed by atoms with E-state index < -0.39 is 7.25 Å². The Morgan fingerprint density at radius 1 is 0.658 bits per heavy atom. The van der Waals surface area contributed by atoms with Gasteiger partial charge in [0.2, 0.25) is 6.67 Å². The fraction of sp³-hybridized carbons (Fsp3) is 0.448. The topological polar surface area (TPSA) is 30.3 Å². The van der Waals surface area contributed by atoms with Gasteiger partial charge in [-0.2, -0.15) is 5.26 Å². The van der Waals surface area contributed by atoms with Crippen molar-refractivity contribution in [2.24, 2.45) is 0 Å². The van der Waals surface area contributed by atoms with Crippen LogP contribution in [0.15, 0.2) is 48.8 Å². The Morgan fingerprint density at radius 2 is 0.868 bits per heavy atom. The van der Waals surface area contributed by atoms with Crippen molar-refractivity contribution in [3.63, 3.8) is 0 Å². The van der Waals surface area contributed by atoms with Gasteiger partial charge in [-0.1, -0.05) is 91.8 Å². The summed E-state index contributed by atoms with van der Waals surface area (Å²) in [5.74, 6) is 1.84. The molecule has 0 saturated heterocycles. The zero-order valence-electron chi connectivity index (χ0n) is 23.7. The fourth-order valence-corrected chi connectivity index (χ4v) is 4.14. The third-order valence-electron chi connectivity index (χ3n) is 5.75. The first kappa shape index (κ1) is 35.8. The van der Waals surface area contributed by atoms with Gasteiger partial charge in [0.25, 0.3) is 0 Å². The second-order valence-corrected chi connectivity index (χ2v) is 10.0. The first-order valence-corrected chi connectivity index (χ1v) is 12.6. The molecule has 0 aliphatic carbocycles. The molecule has 0 amide bonds. The van der Waals surface area contributed by atoms with E-state index in [0.717, 1.165) is 0 Å². The molecule has 1 aliphatic heterocycles. The number of anilines is 2. The summed E-state index contributed by atoms with van der Waals surface area (Å²) in [6, 6.07) is 15.2. The Bertz CT molecular complexity index is 946. The van der Waals surface area contributed by atoms with Crippen LogP contribution in [0, 0.1) is 18.0 Å². The molecule has 38 heavy (non-hydrogen) atoms. The Kier molecular flexibility index (Phi) is 15.1. The number of rotatable bonds is 6. The van der Waals surface area contributed by atoms with Crippen LogP contribution in [0.1, 0.15) is 108 Å². The van der Waals surface area contributed by atoms with Gasteiger partial charge in [0.05, 0.1) is 17.4 Å². The number of benzene rings is 2. The summed E-state index contributed by atoms with van der Waals surface area (Å²) in [6.07, 6.45) is 4.32. The van der Waals surface area contributed by atoms with Gasteiger partial charge < -0.3 is 27.1 Å². The van der Waals surface area contributed by atoms with E-state index in [-0.39, 0.29) is 22.4 Å². The second-order valence-electron chi connectivity index (χ2n) is 10.0. The van der Waals surface area contributed by atoms with E-state index in [4.69, 9.17) is 5.26 Å². The Hall–Kier alpha value is -2.20. The molecule has 0 spiro atoms. The Labute approximate surface area is 242 Å². The van der Waals surface area contributed by atoms with Gasteiger partial charge in [-0.25, -0.2) is 0 Å². The van der Waals surface area contributed by atoms with E-state index in [1.54, 1.807) is 6.07 Å². The number of hydrogen-bond acceptors (Lipinski definition) is 3. The minimum absolute atomic E-state index is 0. The molecular formula is C29H39AuBF4N3. The summed E-state index contributed by atoms with van der Waals surface area (Å²) in [5.41, 5.74) is 8.05. The molecule has 3 nitrogen and oxygen atoms in total. The van der Waals surface area contributed by atoms with Gasteiger partial charge in [-0.05, 0) is 45.9 Å². The summed E-state index contributed by atoms with van der Waals surface area (Å²) < 4.78 is 39.0. The van der Waals surface area contributed by atoms with Crippen molar-refractivity contribution >= 4 is 18.6 Å². The smallest absolute Gasteiger partial charge is 0.418 e. The summed E-state index contributed by atoms with van der Waals surface area (Å²) in [7, 11) is -6.00. The zero-order chi connectivity index (χ0) is 28.5. The maximum absolute atomic E-state index is 9.75. The molecule has 0 saturated carbocycles. The molecule has 0 bridgehead atoms. The molecule has 0 aromatic heterocycles. The summed E-state index contributed by atoms with van der Waals surface area (Å²) >= 11 is 0. The molecule has 0 fully saturated rings. The van der Waals surface area contributed by atoms with E-state index in [1.165, 1.54) is 40.6 Å². The van der Waals surface area contributed by atoms with Crippen LogP contribution in [0.25, 0.3) is 0 Å². The van der Waals surface area contributed by atoms with Gasteiger partial charge in [0, 0.05) is 19.3 Å². The van der Waals surface area contributed by atoms with Gasteiger partial charge in [0.15, 0.2) is 0 Å². The molecule has 2 aromatic rings.